The van der Waals surface area contributed by atoms with Crippen LogP contribution in [0.4, 0.5) is 0 Å². The predicted octanol–water partition coefficient (Wildman–Crippen LogP) is 6.27. The lowest BCUT2D eigenvalue weighted by molar-refractivity contribution is 1.16. The van der Waals surface area contributed by atoms with Crippen molar-refractivity contribution >= 4 is 54.8 Å². The van der Waals surface area contributed by atoms with Gasteiger partial charge in [-0.3, -0.25) is 0 Å². The van der Waals surface area contributed by atoms with Gasteiger partial charge >= 0.3 is 0 Å². The zero-order chi connectivity index (χ0) is 12.6. The van der Waals surface area contributed by atoms with Crippen LogP contribution in [0.1, 0.15) is 26.4 Å². The summed E-state index contributed by atoms with van der Waals surface area (Å²) in [5, 5.41) is 0.816. The van der Waals surface area contributed by atoms with E-state index < -0.39 is 0 Å². The molecule has 1 unspecified atom stereocenters. The van der Waals surface area contributed by atoms with Crippen molar-refractivity contribution < 1.29 is 0 Å². The molecule has 90 valence electrons. The van der Waals surface area contributed by atoms with Crippen LogP contribution in [0.5, 0.6) is 0 Å². The van der Waals surface area contributed by atoms with Crippen molar-refractivity contribution in [2.24, 2.45) is 0 Å². The number of hydrogen-bond acceptors (Lipinski definition) is 1. The van der Waals surface area contributed by atoms with Crippen LogP contribution in [-0.2, 0) is 0 Å². The Morgan fingerprint density at radius 3 is 2.47 bits per heavy atom. The highest BCUT2D eigenvalue weighted by atomic mass is 79.9. The fraction of sp³-hybridized carbons (Fsp3) is 0.231. The minimum atomic E-state index is 0.223. The molecule has 0 aliphatic rings. The predicted molar refractivity (Wildman–Crippen MR) is 83.7 cm³/mol. The zero-order valence-corrected chi connectivity index (χ0v) is 14.2. The number of hydrogen-bond donors (Lipinski definition) is 0. The third-order valence-corrected chi connectivity index (χ3v) is 5.69. The summed E-state index contributed by atoms with van der Waals surface area (Å²) in [5.74, 6) is 0. The molecule has 0 saturated heterocycles. The second kappa shape index (κ2) is 5.43. The number of rotatable bonds is 2. The van der Waals surface area contributed by atoms with Crippen LogP contribution >= 0.6 is 54.8 Å². The Kier molecular flexibility index (Phi) is 4.35. The smallest absolute Gasteiger partial charge is 0.0704 e. The molecule has 0 N–H and O–H groups in total. The Morgan fingerprint density at radius 1 is 1.24 bits per heavy atom. The highest BCUT2D eigenvalue weighted by molar-refractivity contribution is 9.11. The largest absolute Gasteiger partial charge is 0.133 e. The van der Waals surface area contributed by atoms with Crippen LogP contribution in [-0.4, -0.2) is 0 Å². The van der Waals surface area contributed by atoms with Gasteiger partial charge in [-0.1, -0.05) is 39.7 Å². The fourth-order valence-corrected chi connectivity index (χ4v) is 4.49. The van der Waals surface area contributed by atoms with Crippen LogP contribution in [0.25, 0.3) is 0 Å². The summed E-state index contributed by atoms with van der Waals surface area (Å²) in [6.07, 6.45) is 0. The minimum absolute atomic E-state index is 0.223. The van der Waals surface area contributed by atoms with Gasteiger partial charge in [0.2, 0.25) is 0 Å². The summed E-state index contributed by atoms with van der Waals surface area (Å²) < 4.78 is 1.17. The molecule has 0 bridgehead atoms. The molecule has 2 aromatic rings. The molecule has 0 saturated carbocycles. The summed E-state index contributed by atoms with van der Waals surface area (Å²) in [6.45, 7) is 4.17. The zero-order valence-electron chi connectivity index (χ0n) is 9.43. The van der Waals surface area contributed by atoms with Crippen molar-refractivity contribution in [3.05, 3.63) is 54.6 Å². The maximum Gasteiger partial charge on any atom is 0.0704 e. The topological polar surface area (TPSA) is 0 Å². The van der Waals surface area contributed by atoms with Crippen molar-refractivity contribution in [2.75, 3.05) is 0 Å². The van der Waals surface area contributed by atoms with E-state index in [2.05, 4.69) is 57.0 Å². The van der Waals surface area contributed by atoms with E-state index in [1.807, 2.05) is 13.0 Å². The molecule has 2 rings (SSSR count). The standard InChI is InChI=1S/C13H11Br2ClS/c1-7-5-9(3-4-11(7)16)13(15)10-6-12(14)17-8(10)2/h3-6,13H,1-2H3. The van der Waals surface area contributed by atoms with Gasteiger partial charge in [0.05, 0.1) is 8.61 Å². The molecule has 0 aliphatic carbocycles. The first-order valence-electron chi connectivity index (χ1n) is 5.15. The Balaban J connectivity index is 2.40. The summed E-state index contributed by atoms with van der Waals surface area (Å²) in [7, 11) is 0. The van der Waals surface area contributed by atoms with Gasteiger partial charge in [0, 0.05) is 9.90 Å². The Hall–Kier alpha value is 0.170. The van der Waals surface area contributed by atoms with E-state index in [0.717, 1.165) is 10.6 Å². The molecular weight excluding hydrogens is 383 g/mol. The molecule has 1 aromatic carbocycles. The lowest BCUT2D eigenvalue weighted by Crippen LogP contribution is -1.93. The van der Waals surface area contributed by atoms with Crippen molar-refractivity contribution in [2.45, 2.75) is 18.7 Å². The highest BCUT2D eigenvalue weighted by Crippen LogP contribution is 2.39. The number of alkyl halides is 1. The van der Waals surface area contributed by atoms with Crippen molar-refractivity contribution in [1.29, 1.82) is 0 Å². The Morgan fingerprint density at radius 2 is 1.94 bits per heavy atom. The van der Waals surface area contributed by atoms with E-state index in [4.69, 9.17) is 11.6 Å². The molecule has 0 radical (unpaired) electrons. The van der Waals surface area contributed by atoms with Crippen LogP contribution in [0.15, 0.2) is 28.1 Å². The first-order chi connectivity index (χ1) is 7.99. The molecule has 0 amide bonds. The fourth-order valence-electron chi connectivity index (χ4n) is 1.72. The van der Waals surface area contributed by atoms with Crippen LogP contribution in [0, 0.1) is 13.8 Å². The highest BCUT2D eigenvalue weighted by Gasteiger charge is 2.15. The SMILES string of the molecule is Cc1cc(C(Br)c2cc(Br)sc2C)ccc1Cl. The second-order valence-corrected chi connectivity index (χ2v) is 7.89. The third-order valence-electron chi connectivity index (χ3n) is 2.67. The molecular formula is C13H11Br2ClS. The van der Waals surface area contributed by atoms with Crippen molar-refractivity contribution in [3.63, 3.8) is 0 Å². The summed E-state index contributed by atoms with van der Waals surface area (Å²) in [5.41, 5.74) is 3.66. The van der Waals surface area contributed by atoms with Gasteiger partial charge in [-0.2, -0.15) is 0 Å². The van der Waals surface area contributed by atoms with E-state index in [1.165, 1.54) is 19.8 Å². The molecule has 4 heteroatoms. The Bertz CT molecular complexity index is 548. The summed E-state index contributed by atoms with van der Waals surface area (Å²) >= 11 is 15.1. The molecule has 0 spiro atoms. The monoisotopic (exact) mass is 392 g/mol. The van der Waals surface area contributed by atoms with Gasteiger partial charge in [-0.25, -0.2) is 0 Å². The lowest BCUT2D eigenvalue weighted by Gasteiger charge is -2.11. The summed E-state index contributed by atoms with van der Waals surface area (Å²) in [6, 6.07) is 8.33. The molecule has 0 aliphatic heterocycles. The van der Waals surface area contributed by atoms with E-state index in [0.29, 0.717) is 0 Å². The number of thiophene rings is 1. The quantitative estimate of drug-likeness (QED) is 0.527. The van der Waals surface area contributed by atoms with Gasteiger partial charge in [0.25, 0.3) is 0 Å². The van der Waals surface area contributed by atoms with E-state index >= 15 is 0 Å². The van der Waals surface area contributed by atoms with Gasteiger partial charge in [0.1, 0.15) is 0 Å². The molecule has 0 nitrogen and oxygen atoms in total. The second-order valence-electron chi connectivity index (χ2n) is 3.93. The number of benzene rings is 1. The third kappa shape index (κ3) is 2.95. The number of halogens is 3. The average Bonchev–Trinajstić information content (AvgIpc) is 2.61. The lowest BCUT2D eigenvalue weighted by atomic mass is 10.0. The maximum atomic E-state index is 6.05. The van der Waals surface area contributed by atoms with Gasteiger partial charge < -0.3 is 0 Å². The van der Waals surface area contributed by atoms with E-state index in [-0.39, 0.29) is 4.83 Å². The van der Waals surface area contributed by atoms with E-state index in [9.17, 15) is 0 Å². The van der Waals surface area contributed by atoms with Crippen LogP contribution < -0.4 is 0 Å². The number of aryl methyl sites for hydroxylation is 2. The van der Waals surface area contributed by atoms with Crippen LogP contribution in [0.3, 0.4) is 0 Å². The molecule has 1 aromatic heterocycles. The molecule has 0 fully saturated rings. The van der Waals surface area contributed by atoms with Gasteiger partial charge in [0.15, 0.2) is 0 Å². The van der Waals surface area contributed by atoms with E-state index in [1.54, 1.807) is 11.3 Å². The van der Waals surface area contributed by atoms with Gasteiger partial charge in [-0.15, -0.1) is 11.3 Å². The first-order valence-corrected chi connectivity index (χ1v) is 8.05. The summed E-state index contributed by atoms with van der Waals surface area (Å²) in [4.78, 5) is 1.55. The maximum absolute atomic E-state index is 6.05. The van der Waals surface area contributed by atoms with Crippen molar-refractivity contribution in [3.8, 4) is 0 Å². The van der Waals surface area contributed by atoms with Crippen LogP contribution in [0.2, 0.25) is 5.02 Å². The Labute approximate surface area is 127 Å². The van der Waals surface area contributed by atoms with Crippen molar-refractivity contribution in [1.82, 2.24) is 0 Å². The molecule has 1 atom stereocenters. The molecule has 1 heterocycles. The molecule has 17 heavy (non-hydrogen) atoms. The minimum Gasteiger partial charge on any atom is -0.133 e. The average molecular weight is 395 g/mol. The normalized spacial score (nSPS) is 12.8. The van der Waals surface area contributed by atoms with Gasteiger partial charge in [-0.05, 0) is 58.6 Å². The first kappa shape index (κ1) is 13.6.